The van der Waals surface area contributed by atoms with Gasteiger partial charge in [0.1, 0.15) is 0 Å². The second kappa shape index (κ2) is 9.93. The van der Waals surface area contributed by atoms with Crippen LogP contribution >= 0.6 is 24.8 Å². The van der Waals surface area contributed by atoms with Crippen molar-refractivity contribution < 1.29 is 4.79 Å². The quantitative estimate of drug-likeness (QED) is 0.833. The molecule has 1 atom stereocenters. The Bertz CT molecular complexity index is 466. The number of nitrogen functional groups attached to an aromatic ring is 1. The van der Waals surface area contributed by atoms with Crippen molar-refractivity contribution in [2.45, 2.75) is 20.3 Å². The van der Waals surface area contributed by atoms with Crippen LogP contribution in [0.2, 0.25) is 0 Å². The molecular formula is C16H27Cl2N3O. The van der Waals surface area contributed by atoms with Gasteiger partial charge in [-0.1, -0.05) is 26.0 Å². The zero-order chi connectivity index (χ0) is 14.5. The Balaban J connectivity index is 0.00000220. The summed E-state index contributed by atoms with van der Waals surface area (Å²) in [6.45, 7) is 9.31. The highest BCUT2D eigenvalue weighted by atomic mass is 35.5. The van der Waals surface area contributed by atoms with Crippen LogP contribution in [-0.4, -0.2) is 48.4 Å². The number of carbonyl (C=O) groups excluding carboxylic acids is 1. The van der Waals surface area contributed by atoms with E-state index in [1.54, 1.807) is 6.07 Å². The molecule has 2 N–H and O–H groups in total. The number of nitrogens with zero attached hydrogens (tertiary/aromatic N) is 2. The van der Waals surface area contributed by atoms with Gasteiger partial charge in [0.2, 0.25) is 0 Å². The number of amides is 1. The van der Waals surface area contributed by atoms with Crippen molar-refractivity contribution in [1.82, 2.24) is 9.80 Å². The second-order valence-electron chi connectivity index (χ2n) is 5.48. The molecule has 1 unspecified atom stereocenters. The number of carbonyl (C=O) groups is 1. The maximum atomic E-state index is 12.5. The number of benzene rings is 1. The average molecular weight is 348 g/mol. The Morgan fingerprint density at radius 3 is 2.50 bits per heavy atom. The molecule has 1 aliphatic rings. The van der Waals surface area contributed by atoms with Crippen LogP contribution in [0, 0.1) is 5.92 Å². The van der Waals surface area contributed by atoms with Crippen LogP contribution in [-0.2, 0) is 0 Å². The van der Waals surface area contributed by atoms with Gasteiger partial charge in [0, 0.05) is 25.3 Å². The normalized spacial score (nSPS) is 17.0. The van der Waals surface area contributed by atoms with Crippen LogP contribution in [0.25, 0.3) is 0 Å². The third kappa shape index (κ3) is 5.04. The molecular weight excluding hydrogens is 321 g/mol. The van der Waals surface area contributed by atoms with Crippen molar-refractivity contribution in [2.24, 2.45) is 5.92 Å². The minimum Gasteiger partial charge on any atom is -0.398 e. The first-order valence-electron chi connectivity index (χ1n) is 7.51. The molecule has 1 aliphatic heterocycles. The summed E-state index contributed by atoms with van der Waals surface area (Å²) in [6, 6.07) is 7.33. The number of hydrogen-bond donors (Lipinski definition) is 1. The monoisotopic (exact) mass is 347 g/mol. The minimum atomic E-state index is 0. The van der Waals surface area contributed by atoms with Gasteiger partial charge in [0.05, 0.1) is 5.56 Å². The van der Waals surface area contributed by atoms with Gasteiger partial charge in [-0.15, -0.1) is 24.8 Å². The average Bonchev–Trinajstić information content (AvgIpc) is 2.93. The molecule has 4 nitrogen and oxygen atoms in total. The van der Waals surface area contributed by atoms with Gasteiger partial charge in [0.15, 0.2) is 0 Å². The van der Waals surface area contributed by atoms with Crippen LogP contribution in [0.1, 0.15) is 30.6 Å². The number of hydrogen-bond acceptors (Lipinski definition) is 3. The molecule has 0 bridgehead atoms. The Kier molecular flexibility index (Phi) is 9.49. The molecule has 2 rings (SSSR count). The standard InChI is InChI=1S/C16H25N3O.2ClH/c1-3-18(4-2)11-13-9-10-19(12-13)16(20)14-7-5-6-8-15(14)17;;/h5-8,13H,3-4,9-12,17H2,1-2H3;2*1H. The lowest BCUT2D eigenvalue weighted by Crippen LogP contribution is -2.33. The van der Waals surface area contributed by atoms with Crippen molar-refractivity contribution in [1.29, 1.82) is 0 Å². The highest BCUT2D eigenvalue weighted by Gasteiger charge is 2.28. The molecule has 1 aromatic rings. The van der Waals surface area contributed by atoms with Crippen molar-refractivity contribution in [3.05, 3.63) is 29.8 Å². The summed E-state index contributed by atoms with van der Waals surface area (Å²) < 4.78 is 0. The number of nitrogens with two attached hydrogens (primary N) is 1. The summed E-state index contributed by atoms with van der Waals surface area (Å²) >= 11 is 0. The fraction of sp³-hybridized carbons (Fsp3) is 0.562. The molecule has 6 heteroatoms. The van der Waals surface area contributed by atoms with Gasteiger partial charge in [-0.05, 0) is 37.6 Å². The fourth-order valence-electron chi connectivity index (χ4n) is 2.88. The van der Waals surface area contributed by atoms with Gasteiger partial charge in [-0.2, -0.15) is 0 Å². The van der Waals surface area contributed by atoms with Gasteiger partial charge in [-0.3, -0.25) is 4.79 Å². The van der Waals surface area contributed by atoms with E-state index in [2.05, 4.69) is 18.7 Å². The van der Waals surface area contributed by atoms with Crippen LogP contribution in [0.15, 0.2) is 24.3 Å². The zero-order valence-electron chi connectivity index (χ0n) is 13.3. The number of anilines is 1. The van der Waals surface area contributed by atoms with Crippen LogP contribution in [0.4, 0.5) is 5.69 Å². The topological polar surface area (TPSA) is 49.6 Å². The highest BCUT2D eigenvalue weighted by molar-refractivity contribution is 5.99. The lowest BCUT2D eigenvalue weighted by atomic mass is 10.1. The lowest BCUT2D eigenvalue weighted by molar-refractivity contribution is 0.0785. The van der Waals surface area contributed by atoms with E-state index in [9.17, 15) is 4.79 Å². The van der Waals surface area contributed by atoms with E-state index < -0.39 is 0 Å². The maximum Gasteiger partial charge on any atom is 0.255 e. The summed E-state index contributed by atoms with van der Waals surface area (Å²) in [6.07, 6.45) is 1.09. The molecule has 1 saturated heterocycles. The van der Waals surface area contributed by atoms with E-state index in [-0.39, 0.29) is 30.7 Å². The molecule has 0 aromatic heterocycles. The molecule has 1 heterocycles. The van der Waals surface area contributed by atoms with Gasteiger partial charge >= 0.3 is 0 Å². The summed E-state index contributed by atoms with van der Waals surface area (Å²) in [5.41, 5.74) is 7.10. The van der Waals surface area contributed by atoms with E-state index in [0.29, 0.717) is 17.2 Å². The Morgan fingerprint density at radius 1 is 1.27 bits per heavy atom. The number of halogens is 2. The summed E-state index contributed by atoms with van der Waals surface area (Å²) in [7, 11) is 0. The minimum absolute atomic E-state index is 0. The van der Waals surface area contributed by atoms with Crippen molar-refractivity contribution in [3.63, 3.8) is 0 Å². The maximum absolute atomic E-state index is 12.5. The third-order valence-corrected chi connectivity index (χ3v) is 4.18. The SMILES string of the molecule is CCN(CC)CC1CCN(C(=O)c2ccccc2N)C1.Cl.Cl. The van der Waals surface area contributed by atoms with Crippen LogP contribution in [0.3, 0.4) is 0 Å². The molecule has 22 heavy (non-hydrogen) atoms. The van der Waals surface area contributed by atoms with Crippen molar-refractivity contribution in [3.8, 4) is 0 Å². The van der Waals surface area contributed by atoms with Crippen molar-refractivity contribution in [2.75, 3.05) is 38.5 Å². The summed E-state index contributed by atoms with van der Waals surface area (Å²) in [5.74, 6) is 0.661. The first-order valence-corrected chi connectivity index (χ1v) is 7.51. The number of likely N-dealkylation sites (tertiary alicyclic amines) is 1. The number of rotatable bonds is 5. The first kappa shape index (κ1) is 21.0. The molecule has 0 aliphatic carbocycles. The molecule has 0 radical (unpaired) electrons. The zero-order valence-corrected chi connectivity index (χ0v) is 15.0. The molecule has 1 amide bonds. The third-order valence-electron chi connectivity index (χ3n) is 4.18. The Morgan fingerprint density at radius 2 is 1.91 bits per heavy atom. The largest absolute Gasteiger partial charge is 0.398 e. The van der Waals surface area contributed by atoms with Gasteiger partial charge < -0.3 is 15.5 Å². The van der Waals surface area contributed by atoms with Gasteiger partial charge in [0.25, 0.3) is 5.91 Å². The van der Waals surface area contributed by atoms with E-state index >= 15 is 0 Å². The van der Waals surface area contributed by atoms with Gasteiger partial charge in [-0.25, -0.2) is 0 Å². The molecule has 126 valence electrons. The number of para-hydroxylation sites is 1. The van der Waals surface area contributed by atoms with E-state index in [4.69, 9.17) is 5.73 Å². The van der Waals surface area contributed by atoms with Crippen molar-refractivity contribution >= 4 is 36.4 Å². The van der Waals surface area contributed by atoms with E-state index in [0.717, 1.165) is 39.1 Å². The van der Waals surface area contributed by atoms with E-state index in [1.807, 2.05) is 23.1 Å². The fourth-order valence-corrected chi connectivity index (χ4v) is 2.88. The highest BCUT2D eigenvalue weighted by Crippen LogP contribution is 2.21. The summed E-state index contributed by atoms with van der Waals surface area (Å²) in [4.78, 5) is 16.8. The smallest absolute Gasteiger partial charge is 0.255 e. The van der Waals surface area contributed by atoms with Crippen LogP contribution in [0.5, 0.6) is 0 Å². The predicted octanol–water partition coefficient (Wildman–Crippen LogP) is 2.92. The molecule has 1 fully saturated rings. The van der Waals surface area contributed by atoms with E-state index in [1.165, 1.54) is 0 Å². The lowest BCUT2D eigenvalue weighted by Gasteiger charge is -2.23. The first-order chi connectivity index (χ1) is 9.65. The second-order valence-corrected chi connectivity index (χ2v) is 5.48. The molecule has 1 aromatic carbocycles. The molecule has 0 spiro atoms. The Labute approximate surface area is 145 Å². The predicted molar refractivity (Wildman–Crippen MR) is 97.1 cm³/mol. The van der Waals surface area contributed by atoms with Crippen LogP contribution < -0.4 is 5.73 Å². The summed E-state index contributed by atoms with van der Waals surface area (Å²) in [5, 5.41) is 0. The Hall–Kier alpha value is -0.970. The molecule has 0 saturated carbocycles.